The summed E-state index contributed by atoms with van der Waals surface area (Å²) in [7, 11) is 0. The standard InChI is InChI=1S/C13H7ClFN3/c14-12-11-9(15)4-1-5-10(11)17-13(18-12)8-3-2-6-16-7-8/h1-7H/p+1. The number of nitrogens with zero attached hydrogens (tertiary/aromatic N) is 2. The van der Waals surface area contributed by atoms with E-state index in [0.29, 0.717) is 11.3 Å². The van der Waals surface area contributed by atoms with Gasteiger partial charge in [0.15, 0.2) is 18.2 Å². The average Bonchev–Trinajstić information content (AvgIpc) is 2.39. The molecule has 0 aliphatic rings. The van der Waals surface area contributed by atoms with E-state index in [1.54, 1.807) is 24.5 Å². The normalized spacial score (nSPS) is 10.8. The Hall–Kier alpha value is -2.07. The molecule has 0 amide bonds. The maximum absolute atomic E-state index is 13.6. The van der Waals surface area contributed by atoms with Gasteiger partial charge in [-0.3, -0.25) is 0 Å². The van der Waals surface area contributed by atoms with Crippen molar-refractivity contribution in [3.05, 3.63) is 53.7 Å². The zero-order valence-corrected chi connectivity index (χ0v) is 9.95. The summed E-state index contributed by atoms with van der Waals surface area (Å²) in [6.07, 6.45) is 3.54. The second kappa shape index (κ2) is 4.31. The van der Waals surface area contributed by atoms with Gasteiger partial charge in [0.05, 0.1) is 16.5 Å². The van der Waals surface area contributed by atoms with Crippen molar-refractivity contribution in [3.63, 3.8) is 0 Å². The summed E-state index contributed by atoms with van der Waals surface area (Å²) in [5.41, 5.74) is 1.29. The van der Waals surface area contributed by atoms with Crippen LogP contribution in [0.2, 0.25) is 5.15 Å². The maximum atomic E-state index is 13.6. The van der Waals surface area contributed by atoms with Crippen LogP contribution in [0.25, 0.3) is 22.3 Å². The summed E-state index contributed by atoms with van der Waals surface area (Å²) in [4.78, 5) is 11.4. The number of H-pyrrole nitrogens is 1. The molecule has 0 fully saturated rings. The number of benzene rings is 1. The van der Waals surface area contributed by atoms with Crippen LogP contribution < -0.4 is 4.98 Å². The Kier molecular flexibility index (Phi) is 2.64. The molecule has 5 heteroatoms. The van der Waals surface area contributed by atoms with Gasteiger partial charge < -0.3 is 0 Å². The number of nitrogens with one attached hydrogen (secondary N) is 1. The fourth-order valence-corrected chi connectivity index (χ4v) is 2.03. The molecule has 0 saturated heterocycles. The van der Waals surface area contributed by atoms with Crippen LogP contribution in [0.1, 0.15) is 0 Å². The van der Waals surface area contributed by atoms with E-state index < -0.39 is 5.82 Å². The molecule has 2 heterocycles. The van der Waals surface area contributed by atoms with Crippen LogP contribution in [0.15, 0.2) is 42.7 Å². The van der Waals surface area contributed by atoms with Crippen LogP contribution in [0.5, 0.6) is 0 Å². The third-order valence-corrected chi connectivity index (χ3v) is 2.87. The first-order chi connectivity index (χ1) is 8.75. The highest BCUT2D eigenvalue weighted by Gasteiger charge is 2.12. The number of hydrogen-bond donors (Lipinski definition) is 0. The lowest BCUT2D eigenvalue weighted by Gasteiger charge is -2.03. The molecule has 1 N–H and O–H groups in total. The predicted octanol–water partition coefficient (Wildman–Crippen LogP) is 2.90. The van der Waals surface area contributed by atoms with Gasteiger partial charge in [-0.2, -0.15) is 0 Å². The van der Waals surface area contributed by atoms with Crippen LogP contribution >= 0.6 is 11.6 Å². The molecule has 0 saturated carbocycles. The van der Waals surface area contributed by atoms with Crippen molar-refractivity contribution >= 4 is 22.5 Å². The molecule has 0 atom stereocenters. The molecule has 0 spiro atoms. The minimum absolute atomic E-state index is 0.122. The molecule has 0 radical (unpaired) electrons. The summed E-state index contributed by atoms with van der Waals surface area (Å²) in [6, 6.07) is 8.34. The van der Waals surface area contributed by atoms with Gasteiger partial charge in [0.25, 0.3) is 0 Å². The highest BCUT2D eigenvalue weighted by atomic mass is 35.5. The molecule has 0 bridgehead atoms. The van der Waals surface area contributed by atoms with Crippen LogP contribution in [0.4, 0.5) is 4.39 Å². The van der Waals surface area contributed by atoms with E-state index >= 15 is 0 Å². The number of halogens is 2. The minimum atomic E-state index is -0.413. The van der Waals surface area contributed by atoms with E-state index in [1.165, 1.54) is 6.07 Å². The Labute approximate surface area is 107 Å². The van der Waals surface area contributed by atoms with E-state index in [-0.39, 0.29) is 10.5 Å². The van der Waals surface area contributed by atoms with Gasteiger partial charge in [0.2, 0.25) is 0 Å². The van der Waals surface area contributed by atoms with E-state index in [4.69, 9.17) is 11.6 Å². The molecular weight excluding hydrogens is 253 g/mol. The second-order valence-electron chi connectivity index (χ2n) is 3.76. The maximum Gasteiger partial charge on any atom is 0.178 e. The lowest BCUT2D eigenvalue weighted by atomic mass is 10.2. The summed E-state index contributed by atoms with van der Waals surface area (Å²) < 4.78 is 13.6. The highest BCUT2D eigenvalue weighted by Crippen LogP contribution is 2.26. The third-order valence-electron chi connectivity index (χ3n) is 2.59. The Morgan fingerprint density at radius 2 is 2.00 bits per heavy atom. The van der Waals surface area contributed by atoms with Crippen molar-refractivity contribution < 1.29 is 9.37 Å². The zero-order chi connectivity index (χ0) is 12.5. The number of pyridine rings is 1. The Balaban J connectivity index is 2.29. The Bertz CT molecular complexity index is 716. The van der Waals surface area contributed by atoms with E-state index in [0.717, 1.165) is 5.56 Å². The van der Waals surface area contributed by atoms with Crippen molar-refractivity contribution in [1.29, 1.82) is 0 Å². The van der Waals surface area contributed by atoms with Crippen molar-refractivity contribution in [2.75, 3.05) is 0 Å². The molecule has 1 aromatic carbocycles. The van der Waals surface area contributed by atoms with E-state index in [2.05, 4.69) is 15.0 Å². The number of fused-ring (bicyclic) bond motifs is 1. The van der Waals surface area contributed by atoms with Gasteiger partial charge in [-0.05, 0) is 18.2 Å². The van der Waals surface area contributed by atoms with Gasteiger partial charge in [0, 0.05) is 6.07 Å². The van der Waals surface area contributed by atoms with Crippen LogP contribution in [-0.2, 0) is 0 Å². The van der Waals surface area contributed by atoms with E-state index in [9.17, 15) is 4.39 Å². The molecule has 2 aromatic heterocycles. The fourth-order valence-electron chi connectivity index (χ4n) is 1.76. The van der Waals surface area contributed by atoms with Crippen LogP contribution in [0.3, 0.4) is 0 Å². The topological polar surface area (TPSA) is 39.9 Å². The Morgan fingerprint density at radius 1 is 1.11 bits per heavy atom. The van der Waals surface area contributed by atoms with Crippen LogP contribution in [-0.4, -0.2) is 9.97 Å². The first-order valence-corrected chi connectivity index (χ1v) is 5.72. The lowest BCUT2D eigenvalue weighted by molar-refractivity contribution is -0.377. The molecule has 0 aliphatic carbocycles. The van der Waals surface area contributed by atoms with Crippen molar-refractivity contribution in [1.82, 2.24) is 9.97 Å². The van der Waals surface area contributed by atoms with Crippen molar-refractivity contribution in [2.24, 2.45) is 0 Å². The highest BCUT2D eigenvalue weighted by molar-refractivity contribution is 6.34. The first kappa shape index (κ1) is 11.0. The second-order valence-corrected chi connectivity index (χ2v) is 4.12. The Morgan fingerprint density at radius 3 is 2.78 bits per heavy atom. The SMILES string of the molecule is Fc1cccc2nc(-c3ccc[nH+]c3)nc(Cl)c12. The summed E-state index contributed by atoms with van der Waals surface area (Å²) in [6.45, 7) is 0. The number of hydrogen-bond acceptors (Lipinski definition) is 2. The largest absolute Gasteiger partial charge is 0.228 e. The summed E-state index contributed by atoms with van der Waals surface area (Å²) >= 11 is 6.02. The molecule has 3 rings (SSSR count). The van der Waals surface area contributed by atoms with Gasteiger partial charge in [-0.25, -0.2) is 19.3 Å². The van der Waals surface area contributed by atoms with Gasteiger partial charge in [-0.1, -0.05) is 17.7 Å². The molecule has 0 aliphatic heterocycles. The smallest absolute Gasteiger partial charge is 0.178 e. The molecular formula is C13H8ClFN3+. The number of aromatic nitrogens is 3. The summed E-state index contributed by atoms with van der Waals surface area (Å²) in [5, 5.41) is 0.375. The lowest BCUT2D eigenvalue weighted by Crippen LogP contribution is -2.01. The number of rotatable bonds is 1. The molecule has 0 unspecified atom stereocenters. The van der Waals surface area contributed by atoms with Gasteiger partial charge >= 0.3 is 0 Å². The molecule has 3 aromatic rings. The van der Waals surface area contributed by atoms with Crippen LogP contribution in [0, 0.1) is 5.82 Å². The van der Waals surface area contributed by atoms with Gasteiger partial charge in [-0.15, -0.1) is 0 Å². The van der Waals surface area contributed by atoms with E-state index in [1.807, 2.05) is 12.1 Å². The molecule has 18 heavy (non-hydrogen) atoms. The van der Waals surface area contributed by atoms with Crippen molar-refractivity contribution in [3.8, 4) is 11.4 Å². The first-order valence-electron chi connectivity index (χ1n) is 5.34. The molecule has 3 nitrogen and oxygen atoms in total. The zero-order valence-electron chi connectivity index (χ0n) is 9.19. The average molecular weight is 261 g/mol. The predicted molar refractivity (Wildman–Crippen MR) is 66.5 cm³/mol. The quantitative estimate of drug-likeness (QED) is 0.631. The van der Waals surface area contributed by atoms with Crippen molar-refractivity contribution in [2.45, 2.75) is 0 Å². The number of aromatic amines is 1. The third kappa shape index (κ3) is 1.80. The fraction of sp³-hybridized carbons (Fsp3) is 0. The molecule has 88 valence electrons. The summed E-state index contributed by atoms with van der Waals surface area (Å²) in [5.74, 6) is 0.0543. The van der Waals surface area contributed by atoms with Gasteiger partial charge in [0.1, 0.15) is 11.0 Å². The minimum Gasteiger partial charge on any atom is -0.228 e. The monoisotopic (exact) mass is 260 g/mol.